The van der Waals surface area contributed by atoms with Crippen LogP contribution in [-0.2, 0) is 6.54 Å². The Balaban J connectivity index is 1.73. The van der Waals surface area contributed by atoms with Gasteiger partial charge in [0, 0.05) is 12.6 Å². The van der Waals surface area contributed by atoms with E-state index in [2.05, 4.69) is 109 Å². The summed E-state index contributed by atoms with van der Waals surface area (Å²) in [7, 11) is 0. The molecule has 0 bridgehead atoms. The van der Waals surface area contributed by atoms with Crippen LogP contribution in [-0.4, -0.2) is 0 Å². The van der Waals surface area contributed by atoms with E-state index in [-0.39, 0.29) is 0 Å². The smallest absolute Gasteiger partial charge is 0.0360 e. The molecule has 0 aliphatic heterocycles. The fourth-order valence-electron chi connectivity index (χ4n) is 3.04. The predicted octanol–water partition coefficient (Wildman–Crippen LogP) is 6.01. The molecule has 3 aromatic rings. The molecule has 1 unspecified atom stereocenters. The number of benzene rings is 3. The van der Waals surface area contributed by atoms with E-state index in [0.717, 1.165) is 13.0 Å². The zero-order valence-corrected chi connectivity index (χ0v) is 14.7. The maximum Gasteiger partial charge on any atom is 0.0360 e. The molecular formula is C24H25N. The Morgan fingerprint density at radius 3 is 2.00 bits per heavy atom. The van der Waals surface area contributed by atoms with Crippen molar-refractivity contribution in [3.05, 3.63) is 113 Å². The maximum absolute atomic E-state index is 3.73. The maximum atomic E-state index is 3.73. The van der Waals surface area contributed by atoms with E-state index < -0.39 is 0 Å². The minimum absolute atomic E-state index is 0.307. The molecule has 25 heavy (non-hydrogen) atoms. The molecule has 126 valence electrons. The molecule has 0 aliphatic rings. The van der Waals surface area contributed by atoms with Gasteiger partial charge in [0.2, 0.25) is 0 Å². The Morgan fingerprint density at radius 1 is 0.800 bits per heavy atom. The van der Waals surface area contributed by atoms with Gasteiger partial charge in [-0.25, -0.2) is 0 Å². The van der Waals surface area contributed by atoms with Crippen molar-refractivity contribution in [3.8, 4) is 0 Å². The molecule has 0 aromatic heterocycles. The SMILES string of the molecule is C/C(=C/c1ccccc1)CC(NCc1ccccc1)c1ccccc1. The predicted molar refractivity (Wildman–Crippen MR) is 107 cm³/mol. The standard InChI is InChI=1S/C24H25N/c1-20(17-21-11-5-2-6-12-21)18-24(23-15-9-4-10-16-23)25-19-22-13-7-3-8-14-22/h2-17,24-25H,18-19H2,1H3/b20-17-. The van der Waals surface area contributed by atoms with Gasteiger partial charge in [-0.1, -0.05) is 103 Å². The first-order valence-electron chi connectivity index (χ1n) is 8.86. The molecule has 0 amide bonds. The van der Waals surface area contributed by atoms with Crippen molar-refractivity contribution in [3.63, 3.8) is 0 Å². The van der Waals surface area contributed by atoms with Crippen LogP contribution in [0.5, 0.6) is 0 Å². The first kappa shape index (κ1) is 17.2. The van der Waals surface area contributed by atoms with Crippen LogP contribution in [0.4, 0.5) is 0 Å². The van der Waals surface area contributed by atoms with E-state index in [0.29, 0.717) is 6.04 Å². The van der Waals surface area contributed by atoms with Gasteiger partial charge in [-0.15, -0.1) is 0 Å². The minimum Gasteiger partial charge on any atom is -0.306 e. The molecule has 3 rings (SSSR count). The third-order valence-electron chi connectivity index (χ3n) is 4.34. The normalized spacial score (nSPS) is 12.8. The second-order valence-corrected chi connectivity index (χ2v) is 6.44. The van der Waals surface area contributed by atoms with Gasteiger partial charge in [-0.2, -0.15) is 0 Å². The summed E-state index contributed by atoms with van der Waals surface area (Å²) in [5, 5.41) is 3.73. The number of rotatable bonds is 7. The van der Waals surface area contributed by atoms with Crippen molar-refractivity contribution in [1.29, 1.82) is 0 Å². The average molecular weight is 327 g/mol. The van der Waals surface area contributed by atoms with Gasteiger partial charge in [0.1, 0.15) is 0 Å². The molecule has 1 heteroatoms. The molecule has 0 aliphatic carbocycles. The van der Waals surface area contributed by atoms with Gasteiger partial charge < -0.3 is 5.32 Å². The van der Waals surface area contributed by atoms with Gasteiger partial charge in [0.15, 0.2) is 0 Å². The topological polar surface area (TPSA) is 12.0 Å². The third-order valence-corrected chi connectivity index (χ3v) is 4.34. The second kappa shape index (κ2) is 9.00. The van der Waals surface area contributed by atoms with E-state index >= 15 is 0 Å². The molecule has 0 fully saturated rings. The third kappa shape index (κ3) is 5.44. The van der Waals surface area contributed by atoms with Crippen LogP contribution in [0.15, 0.2) is 96.6 Å². The van der Waals surface area contributed by atoms with Gasteiger partial charge in [0.25, 0.3) is 0 Å². The second-order valence-electron chi connectivity index (χ2n) is 6.44. The molecule has 1 N–H and O–H groups in total. The number of hydrogen-bond acceptors (Lipinski definition) is 1. The lowest BCUT2D eigenvalue weighted by Gasteiger charge is -2.20. The van der Waals surface area contributed by atoms with Crippen molar-refractivity contribution in [2.75, 3.05) is 0 Å². The molecule has 0 heterocycles. The highest BCUT2D eigenvalue weighted by Crippen LogP contribution is 2.23. The zero-order chi connectivity index (χ0) is 17.3. The fourth-order valence-corrected chi connectivity index (χ4v) is 3.04. The van der Waals surface area contributed by atoms with Crippen LogP contribution in [0.2, 0.25) is 0 Å². The summed E-state index contributed by atoms with van der Waals surface area (Å²) >= 11 is 0. The van der Waals surface area contributed by atoms with E-state index in [9.17, 15) is 0 Å². The fraction of sp³-hybridized carbons (Fsp3) is 0.167. The lowest BCUT2D eigenvalue weighted by atomic mass is 9.98. The van der Waals surface area contributed by atoms with Crippen molar-refractivity contribution < 1.29 is 0 Å². The highest BCUT2D eigenvalue weighted by Gasteiger charge is 2.11. The molecule has 0 saturated carbocycles. The molecule has 1 atom stereocenters. The van der Waals surface area contributed by atoms with Crippen LogP contribution in [0.3, 0.4) is 0 Å². The number of hydrogen-bond donors (Lipinski definition) is 1. The quantitative estimate of drug-likeness (QED) is 0.560. The number of nitrogens with one attached hydrogen (secondary N) is 1. The van der Waals surface area contributed by atoms with Gasteiger partial charge >= 0.3 is 0 Å². The van der Waals surface area contributed by atoms with Gasteiger partial charge in [-0.3, -0.25) is 0 Å². The molecule has 1 nitrogen and oxygen atoms in total. The van der Waals surface area contributed by atoms with Crippen LogP contribution in [0, 0.1) is 0 Å². The molecule has 0 saturated heterocycles. The zero-order valence-electron chi connectivity index (χ0n) is 14.7. The molecule has 0 radical (unpaired) electrons. The molecular weight excluding hydrogens is 302 g/mol. The van der Waals surface area contributed by atoms with Crippen LogP contribution < -0.4 is 5.32 Å². The van der Waals surface area contributed by atoms with E-state index in [1.807, 2.05) is 0 Å². The highest BCUT2D eigenvalue weighted by molar-refractivity contribution is 5.52. The lowest BCUT2D eigenvalue weighted by Crippen LogP contribution is -2.21. The summed E-state index contributed by atoms with van der Waals surface area (Å²) in [5.41, 5.74) is 5.28. The van der Waals surface area contributed by atoms with Gasteiger partial charge in [0.05, 0.1) is 0 Å². The van der Waals surface area contributed by atoms with Crippen molar-refractivity contribution in [2.24, 2.45) is 0 Å². The summed E-state index contributed by atoms with van der Waals surface area (Å²) < 4.78 is 0. The Hall–Kier alpha value is -2.64. The highest BCUT2D eigenvalue weighted by atomic mass is 14.9. The van der Waals surface area contributed by atoms with Crippen molar-refractivity contribution in [1.82, 2.24) is 5.32 Å². The minimum atomic E-state index is 0.307. The van der Waals surface area contributed by atoms with E-state index in [4.69, 9.17) is 0 Å². The molecule has 0 spiro atoms. The Labute approximate surface area is 151 Å². The summed E-state index contributed by atoms with van der Waals surface area (Å²) in [5.74, 6) is 0. The van der Waals surface area contributed by atoms with Gasteiger partial charge in [-0.05, 0) is 30.0 Å². The Morgan fingerprint density at radius 2 is 1.36 bits per heavy atom. The van der Waals surface area contributed by atoms with Crippen LogP contribution in [0.25, 0.3) is 6.08 Å². The largest absolute Gasteiger partial charge is 0.306 e. The van der Waals surface area contributed by atoms with Crippen molar-refractivity contribution >= 4 is 6.08 Å². The molecule has 3 aromatic carbocycles. The van der Waals surface area contributed by atoms with Crippen LogP contribution in [0.1, 0.15) is 36.1 Å². The first-order chi connectivity index (χ1) is 12.3. The summed E-state index contributed by atoms with van der Waals surface area (Å²) in [6, 6.07) is 32.1. The Bertz CT molecular complexity index is 776. The van der Waals surface area contributed by atoms with E-state index in [1.165, 1.54) is 22.3 Å². The van der Waals surface area contributed by atoms with Crippen LogP contribution >= 0.6 is 0 Å². The summed E-state index contributed by atoms with van der Waals surface area (Å²) in [6.07, 6.45) is 3.27. The van der Waals surface area contributed by atoms with Crippen molar-refractivity contribution in [2.45, 2.75) is 25.9 Å². The average Bonchev–Trinajstić information content (AvgIpc) is 2.67. The monoisotopic (exact) mass is 327 g/mol. The summed E-state index contributed by atoms with van der Waals surface area (Å²) in [4.78, 5) is 0. The Kier molecular flexibility index (Phi) is 6.19. The first-order valence-corrected chi connectivity index (χ1v) is 8.86. The lowest BCUT2D eigenvalue weighted by molar-refractivity contribution is 0.529. The van der Waals surface area contributed by atoms with E-state index in [1.54, 1.807) is 0 Å². The summed E-state index contributed by atoms with van der Waals surface area (Å²) in [6.45, 7) is 3.09.